The molecule has 0 bridgehead atoms. The van der Waals surface area contributed by atoms with Gasteiger partial charge in [-0.05, 0) is 226 Å². The summed E-state index contributed by atoms with van der Waals surface area (Å²) in [6, 6.07) is 7.99. The van der Waals surface area contributed by atoms with Crippen molar-refractivity contribution in [1.82, 2.24) is 153 Å². The van der Waals surface area contributed by atoms with Gasteiger partial charge < -0.3 is 9.13 Å². The largest absolute Gasteiger partial charge is 0.332 e. The van der Waals surface area contributed by atoms with Gasteiger partial charge in [-0.1, -0.05) is 104 Å². The topological polar surface area (TPSA) is 329 Å². The highest BCUT2D eigenvalue weighted by molar-refractivity contribution is 5.16. The minimum Gasteiger partial charge on any atom is -0.332 e. The number of nitrogens with one attached hydrogen (secondary N) is 3. The molecule has 0 aromatic carbocycles. The predicted molar refractivity (Wildman–Crippen MR) is 492 cm³/mol. The SMILES string of the molecule is CC(C)(C)c1ccn[nH]1.CC(C)(C)c1ccn[nH]1.CC(C)(C)c1cn[nH]c1.CC(C)(C)n1cc(F)cn1.CC(C)(C)n1cccn1.CC(C)(C)n1ccnc1.CC(C)(C)n1cncn1.CC(C)(C)n1cnnc1.CC(C)(C)n1nccn1.Cc1ncn(C(C)(C)C)n1.Cc1ncn(C(C)(C)C)n1.Cn1cc(C(C)(C)C)cn1.Cn1ccc(C(C)(C)C)n1. The normalized spacial score (nSPS) is 11.9. The van der Waals surface area contributed by atoms with Crippen LogP contribution in [0.5, 0.6) is 0 Å². The monoisotopic (exact) mass is 1690 g/mol. The van der Waals surface area contributed by atoms with Crippen LogP contribution >= 0.6 is 0 Å². The Morgan fingerprint density at radius 3 is 0.975 bits per heavy atom. The number of aryl methyl sites for hydroxylation is 4. The molecule has 122 heavy (non-hydrogen) atoms. The van der Waals surface area contributed by atoms with E-state index in [0.29, 0.717) is 0 Å². The number of aromatic amines is 3. The molecule has 0 aliphatic heterocycles. The molecule has 0 aliphatic carbocycles. The van der Waals surface area contributed by atoms with Gasteiger partial charge in [-0.2, -0.15) is 66.0 Å². The minimum atomic E-state index is -0.282. The van der Waals surface area contributed by atoms with Gasteiger partial charge in [0.15, 0.2) is 5.82 Å². The van der Waals surface area contributed by atoms with Crippen molar-refractivity contribution in [1.29, 1.82) is 0 Å². The van der Waals surface area contributed by atoms with Crippen molar-refractivity contribution in [2.45, 2.75) is 355 Å². The molecule has 680 valence electrons. The van der Waals surface area contributed by atoms with Crippen LogP contribution in [0.4, 0.5) is 4.39 Å². The summed E-state index contributed by atoms with van der Waals surface area (Å²) in [5, 5.41) is 64.3. The minimum absolute atomic E-state index is 0.0174. The second-order valence-corrected chi connectivity index (χ2v) is 42.3. The van der Waals surface area contributed by atoms with Crippen LogP contribution in [0.1, 0.15) is 310 Å². The molecule has 13 rings (SSSR count). The molecule has 0 saturated heterocycles. The Morgan fingerprint density at radius 1 is 0.328 bits per heavy atom. The second-order valence-electron chi connectivity index (χ2n) is 42.3. The molecule has 0 saturated carbocycles. The molecule has 0 unspecified atom stereocenters. The van der Waals surface area contributed by atoms with Gasteiger partial charge >= 0.3 is 0 Å². The lowest BCUT2D eigenvalue weighted by atomic mass is 9.90. The van der Waals surface area contributed by atoms with E-state index in [2.05, 4.69) is 373 Å². The number of imidazole rings is 1. The summed E-state index contributed by atoms with van der Waals surface area (Å²) >= 11 is 0. The first-order chi connectivity index (χ1) is 55.3. The molecule has 32 heteroatoms. The number of aromatic nitrogens is 31. The van der Waals surface area contributed by atoms with Gasteiger partial charge in [-0.3, -0.25) is 34.0 Å². The highest BCUT2D eigenvalue weighted by Crippen LogP contribution is 2.24. The average Bonchev–Trinajstić information content (AvgIpc) is 1.73. The predicted octanol–water partition coefficient (Wildman–Crippen LogP) is 19.4. The lowest BCUT2D eigenvalue weighted by Crippen LogP contribution is -2.24. The number of H-pyrrole nitrogens is 3. The molecule has 0 radical (unpaired) electrons. The molecule has 3 N–H and O–H groups in total. The van der Waals surface area contributed by atoms with Gasteiger partial charge in [0, 0.05) is 109 Å². The highest BCUT2D eigenvalue weighted by Gasteiger charge is 2.22. The smallest absolute Gasteiger partial charge is 0.161 e. The van der Waals surface area contributed by atoms with E-state index >= 15 is 0 Å². The van der Waals surface area contributed by atoms with Gasteiger partial charge in [-0.25, -0.2) is 38.4 Å². The lowest BCUT2D eigenvalue weighted by Gasteiger charge is -2.19. The third-order valence-electron chi connectivity index (χ3n) is 16.6. The molecule has 31 nitrogen and oxygen atoms in total. The van der Waals surface area contributed by atoms with Crippen molar-refractivity contribution in [3.8, 4) is 0 Å². The summed E-state index contributed by atoms with van der Waals surface area (Å²) in [7, 11) is 3.88. The molecule has 13 aromatic rings. The number of nitrogens with zero attached hydrogens (tertiary/aromatic N) is 28. The Balaban J connectivity index is 0.000000661. The number of rotatable bonds is 0. The summed E-state index contributed by atoms with van der Waals surface area (Å²) in [6.07, 6.45) is 38.9. The maximum Gasteiger partial charge on any atom is 0.161 e. The average molecular weight is 1690 g/mol. The highest BCUT2D eigenvalue weighted by atomic mass is 19.1. The maximum atomic E-state index is 12.4. The van der Waals surface area contributed by atoms with E-state index in [-0.39, 0.29) is 77.2 Å². The summed E-state index contributed by atoms with van der Waals surface area (Å²) < 4.78 is 29.2. The fourth-order valence-corrected chi connectivity index (χ4v) is 8.62. The first-order valence-corrected chi connectivity index (χ1v) is 41.4. The number of halogens is 1. The van der Waals surface area contributed by atoms with Crippen molar-refractivity contribution < 1.29 is 4.39 Å². The van der Waals surface area contributed by atoms with Gasteiger partial charge in [0.2, 0.25) is 0 Å². The molecule has 13 heterocycles. The molecular formula is C90H158FN31. The van der Waals surface area contributed by atoms with Crippen LogP contribution in [0.15, 0.2) is 162 Å². The Kier molecular flexibility index (Phi) is 41.7. The van der Waals surface area contributed by atoms with Crippen LogP contribution in [-0.4, -0.2) is 153 Å². The van der Waals surface area contributed by atoms with Gasteiger partial charge in [0.1, 0.15) is 49.6 Å². The number of hydrogen-bond donors (Lipinski definition) is 3. The quantitative estimate of drug-likeness (QED) is 0.127. The molecule has 0 spiro atoms. The molecule has 0 amide bonds. The molecular weight excluding hydrogens is 1530 g/mol. The molecule has 0 atom stereocenters. The molecule has 0 aliphatic rings. The Labute approximate surface area is 730 Å². The summed E-state index contributed by atoms with van der Waals surface area (Å²) in [4.78, 5) is 17.5. The fraction of sp³-hybridized carbons (Fsp3) is 0.622. The van der Waals surface area contributed by atoms with E-state index in [4.69, 9.17) is 0 Å². The van der Waals surface area contributed by atoms with Crippen molar-refractivity contribution in [2.75, 3.05) is 0 Å². The summed E-state index contributed by atoms with van der Waals surface area (Å²) in [5.74, 6) is 1.37. The third-order valence-corrected chi connectivity index (χ3v) is 16.6. The van der Waals surface area contributed by atoms with Crippen molar-refractivity contribution in [3.05, 3.63) is 207 Å². The van der Waals surface area contributed by atoms with E-state index in [1.807, 2.05) is 143 Å². The standard InChI is InChI=1S/2C8H14N2.C7H11FN2.2C7H13N3.5C7H12N2.3C6H11N3/c1-8(2,3)7-5-9-10(4)6-7;1-8(2,3)7-5-6-10(4)9-7;1-7(2,3)10-5-6(8)4-9-10;2*1-6-8-5-10(9-6)7(2,3)4;1-7(2,3)6-4-8-9-5-6;1-7(2,3)9-5-4-8-6-9;1-7(2,3)9-6-4-5-8-9;2*1-7(2,3)6-4-5-8-9-6;1-6(2,3)9-4-7-8-5-9;1-6(2,3)9-5-7-4-8-9;1-6(2,3)9-7-4-5-8-9/h2*5-6H,1-4H3;4-5H,1-3H3;2*5H,1-4H3;4-5H,1-3H3,(H,8,9);2*4-6H,1-3H3;2*4-5H,1-3H3,(H,8,9);3*4-5H,1-3H3. The fourth-order valence-electron chi connectivity index (χ4n) is 8.62. The van der Waals surface area contributed by atoms with E-state index in [1.54, 1.807) is 84.6 Å². The van der Waals surface area contributed by atoms with Crippen LogP contribution in [0, 0.1) is 19.7 Å². The van der Waals surface area contributed by atoms with E-state index in [0.717, 1.165) is 17.3 Å². The van der Waals surface area contributed by atoms with Crippen LogP contribution in [-0.2, 0) is 85.5 Å². The van der Waals surface area contributed by atoms with Crippen molar-refractivity contribution in [3.63, 3.8) is 0 Å². The molecule has 0 fully saturated rings. The Bertz CT molecular complexity index is 3870. The van der Waals surface area contributed by atoms with Gasteiger partial charge in [0.05, 0.1) is 82.4 Å². The lowest BCUT2D eigenvalue weighted by molar-refractivity contribution is 0.312. The summed E-state index contributed by atoms with van der Waals surface area (Å²) in [5.41, 5.74) is 7.60. The van der Waals surface area contributed by atoms with Crippen LogP contribution in [0.25, 0.3) is 0 Å². The van der Waals surface area contributed by atoms with Crippen LogP contribution in [0.3, 0.4) is 0 Å². The zero-order chi connectivity index (χ0) is 94.1. The zero-order valence-electron chi connectivity index (χ0n) is 82.9. The van der Waals surface area contributed by atoms with E-state index < -0.39 is 0 Å². The molecule has 13 aromatic heterocycles. The van der Waals surface area contributed by atoms with E-state index in [1.165, 1.54) is 34.9 Å². The van der Waals surface area contributed by atoms with Gasteiger partial charge in [0.25, 0.3) is 0 Å². The first-order valence-electron chi connectivity index (χ1n) is 41.4. The second kappa shape index (κ2) is 46.5. The van der Waals surface area contributed by atoms with Gasteiger partial charge in [-0.15, -0.1) is 10.2 Å². The Hall–Kier alpha value is -10.7. The van der Waals surface area contributed by atoms with Crippen LogP contribution < -0.4 is 0 Å². The zero-order valence-corrected chi connectivity index (χ0v) is 82.9. The van der Waals surface area contributed by atoms with Crippen LogP contribution in [0.2, 0.25) is 0 Å². The third kappa shape index (κ3) is 45.3. The summed E-state index contributed by atoms with van der Waals surface area (Å²) in [6.45, 7) is 86.3. The van der Waals surface area contributed by atoms with E-state index in [9.17, 15) is 4.39 Å². The van der Waals surface area contributed by atoms with Crippen molar-refractivity contribution in [2.24, 2.45) is 14.1 Å². The first kappa shape index (κ1) is 109. The maximum absolute atomic E-state index is 12.4. The van der Waals surface area contributed by atoms with Crippen molar-refractivity contribution >= 4 is 0 Å². The Morgan fingerprint density at radius 2 is 0.795 bits per heavy atom. The number of hydrogen-bond acceptors (Lipinski definition) is 18.